The smallest absolute Gasteiger partial charge is 0.417 e. The molecule has 1 aromatic heterocycles. The average molecular weight is 761 g/mol. The topological polar surface area (TPSA) is 132 Å². The van der Waals surface area contributed by atoms with Crippen molar-refractivity contribution in [2.75, 3.05) is 21.3 Å². The summed E-state index contributed by atoms with van der Waals surface area (Å²) in [7, 11) is -0.452. The van der Waals surface area contributed by atoms with E-state index < -0.39 is 26.7 Å². The van der Waals surface area contributed by atoms with Crippen molar-refractivity contribution < 1.29 is 35.8 Å². The van der Waals surface area contributed by atoms with E-state index in [1.807, 2.05) is 0 Å². The van der Waals surface area contributed by atoms with Crippen LogP contribution in [0.5, 0.6) is 17.2 Å². The number of methoxy groups -OCH3 is 3. The predicted octanol–water partition coefficient (Wildman–Crippen LogP) is 7.62. The molecular formula is C39H39F3N6O5S. The molecule has 0 aliphatic heterocycles. The number of nitriles is 1. The number of benzene rings is 4. The van der Waals surface area contributed by atoms with Crippen molar-refractivity contribution in [1.29, 1.82) is 5.26 Å². The molecule has 11 nitrogen and oxygen atoms in total. The Kier molecular flexibility index (Phi) is 11.5. The zero-order valence-corrected chi connectivity index (χ0v) is 30.8. The predicted molar refractivity (Wildman–Crippen MR) is 193 cm³/mol. The molecule has 6 rings (SSSR count). The first-order valence-corrected chi connectivity index (χ1v) is 18.7. The van der Waals surface area contributed by atoms with Gasteiger partial charge in [0.1, 0.15) is 22.1 Å². The third-order valence-corrected chi connectivity index (χ3v) is 11.5. The normalized spacial score (nSPS) is 16.2. The van der Waals surface area contributed by atoms with Gasteiger partial charge in [-0.2, -0.15) is 27.5 Å². The van der Waals surface area contributed by atoms with Gasteiger partial charge < -0.3 is 14.2 Å². The SMILES string of the molecule is COc1ccc(CN(Cc2ccc(OC)cc2)S(=O)(=O)c2c(C(F)(F)F)ccc(C3CCC(C#N)CC3)c2-c2nnn(Cc3ccc(OC)cc3)n2)cc1. The van der Waals surface area contributed by atoms with Gasteiger partial charge in [-0.3, -0.25) is 0 Å². The molecular weight excluding hydrogens is 722 g/mol. The van der Waals surface area contributed by atoms with Gasteiger partial charge in [-0.15, -0.1) is 10.2 Å². The zero-order chi connectivity index (χ0) is 38.5. The summed E-state index contributed by atoms with van der Waals surface area (Å²) in [6.07, 6.45) is -3.10. The summed E-state index contributed by atoms with van der Waals surface area (Å²) in [4.78, 5) is 0.275. The first-order valence-electron chi connectivity index (χ1n) is 17.2. The molecule has 0 N–H and O–H groups in total. The van der Waals surface area contributed by atoms with Gasteiger partial charge in [0.05, 0.1) is 39.5 Å². The molecule has 5 aromatic rings. The van der Waals surface area contributed by atoms with Crippen LogP contribution in [-0.4, -0.2) is 54.3 Å². The van der Waals surface area contributed by atoms with Crippen LogP contribution in [0.25, 0.3) is 11.4 Å². The van der Waals surface area contributed by atoms with Gasteiger partial charge in [0.25, 0.3) is 0 Å². The lowest BCUT2D eigenvalue weighted by molar-refractivity contribution is -0.139. The molecule has 1 aliphatic carbocycles. The third kappa shape index (κ3) is 8.50. The summed E-state index contributed by atoms with van der Waals surface area (Å²) in [5, 5.41) is 22.4. The van der Waals surface area contributed by atoms with E-state index in [9.17, 15) is 5.26 Å². The number of aromatic nitrogens is 4. The Hall–Kier alpha value is -5.46. The number of alkyl halides is 3. The molecule has 0 spiro atoms. The van der Waals surface area contributed by atoms with Crippen molar-refractivity contribution in [1.82, 2.24) is 24.5 Å². The number of sulfonamides is 1. The molecule has 1 saturated carbocycles. The molecule has 1 heterocycles. The number of tetrazole rings is 1. The third-order valence-electron chi connectivity index (χ3n) is 9.64. The summed E-state index contributed by atoms with van der Waals surface area (Å²) in [5.41, 5.74) is 0.580. The highest BCUT2D eigenvalue weighted by Crippen LogP contribution is 2.47. The molecule has 54 heavy (non-hydrogen) atoms. The van der Waals surface area contributed by atoms with Gasteiger partial charge in [-0.1, -0.05) is 42.5 Å². The summed E-state index contributed by atoms with van der Waals surface area (Å²) in [5.74, 6) is 0.898. The summed E-state index contributed by atoms with van der Waals surface area (Å²) in [6, 6.07) is 24.8. The number of rotatable bonds is 13. The second-order valence-corrected chi connectivity index (χ2v) is 14.9. The number of halogens is 3. The average Bonchev–Trinajstić information content (AvgIpc) is 3.65. The van der Waals surface area contributed by atoms with Gasteiger partial charge in [0.15, 0.2) is 0 Å². The van der Waals surface area contributed by atoms with Crippen molar-refractivity contribution in [2.45, 2.75) is 62.3 Å². The fraction of sp³-hybridized carbons (Fsp3) is 0.333. The highest BCUT2D eigenvalue weighted by molar-refractivity contribution is 7.89. The fourth-order valence-electron chi connectivity index (χ4n) is 6.72. The van der Waals surface area contributed by atoms with Crippen LogP contribution in [0, 0.1) is 17.2 Å². The quantitative estimate of drug-likeness (QED) is 0.119. The van der Waals surface area contributed by atoms with E-state index in [0.717, 1.165) is 15.9 Å². The van der Waals surface area contributed by atoms with Crippen molar-refractivity contribution in [2.24, 2.45) is 5.92 Å². The van der Waals surface area contributed by atoms with Crippen LogP contribution in [0.1, 0.15) is 59.4 Å². The van der Waals surface area contributed by atoms with Crippen molar-refractivity contribution >= 4 is 10.0 Å². The highest BCUT2D eigenvalue weighted by atomic mass is 32.2. The van der Waals surface area contributed by atoms with Gasteiger partial charge >= 0.3 is 6.18 Å². The van der Waals surface area contributed by atoms with Crippen LogP contribution < -0.4 is 14.2 Å². The van der Waals surface area contributed by atoms with E-state index in [2.05, 4.69) is 21.5 Å². The van der Waals surface area contributed by atoms with E-state index in [1.54, 1.807) is 79.9 Å². The zero-order valence-electron chi connectivity index (χ0n) is 30.0. The van der Waals surface area contributed by atoms with Crippen LogP contribution in [0.4, 0.5) is 13.2 Å². The fourth-order valence-corrected chi connectivity index (χ4v) is 8.55. The minimum absolute atomic E-state index is 0.113. The van der Waals surface area contributed by atoms with Crippen molar-refractivity contribution in [3.8, 4) is 34.7 Å². The molecule has 1 fully saturated rings. The van der Waals surface area contributed by atoms with E-state index in [-0.39, 0.29) is 42.9 Å². The standard InChI is InChI=1S/C39H39F3N6O5S/c1-51-31-14-6-27(7-15-31)23-47(24-28-8-16-32(52-2)17-9-28)54(49,50)37-35(39(40,41)42)21-20-34(30-12-4-26(22-43)5-13-30)36(37)38-44-46-48(45-38)25-29-10-18-33(53-3)19-11-29/h6-11,14-21,26,30H,4-5,12-13,23-25H2,1-3H3. The maximum Gasteiger partial charge on any atom is 0.417 e. The monoisotopic (exact) mass is 760 g/mol. The molecule has 0 bridgehead atoms. The van der Waals surface area contributed by atoms with Crippen LogP contribution in [0.15, 0.2) is 89.8 Å². The molecule has 0 unspecified atom stereocenters. The minimum atomic E-state index is -5.07. The first kappa shape index (κ1) is 38.3. The molecule has 4 aromatic carbocycles. The van der Waals surface area contributed by atoms with Gasteiger partial charge in [0.2, 0.25) is 15.8 Å². The lowest BCUT2D eigenvalue weighted by Crippen LogP contribution is -2.33. The van der Waals surface area contributed by atoms with Crippen molar-refractivity contribution in [3.63, 3.8) is 0 Å². The Labute approximate surface area is 311 Å². The summed E-state index contributed by atoms with van der Waals surface area (Å²) >= 11 is 0. The Bertz CT molecular complexity index is 2150. The maximum absolute atomic E-state index is 15.2. The van der Waals surface area contributed by atoms with Crippen LogP contribution in [0.3, 0.4) is 0 Å². The van der Waals surface area contributed by atoms with Gasteiger partial charge in [0, 0.05) is 24.6 Å². The van der Waals surface area contributed by atoms with Crippen LogP contribution in [0.2, 0.25) is 0 Å². The molecule has 0 atom stereocenters. The van der Waals surface area contributed by atoms with Crippen LogP contribution in [-0.2, 0) is 35.8 Å². The first-order chi connectivity index (χ1) is 25.9. The minimum Gasteiger partial charge on any atom is -0.497 e. The molecule has 1 aliphatic rings. The van der Waals surface area contributed by atoms with E-state index in [4.69, 9.17) is 14.2 Å². The summed E-state index contributed by atoms with van der Waals surface area (Å²) in [6.45, 7) is -0.407. The summed E-state index contributed by atoms with van der Waals surface area (Å²) < 4.78 is 92.7. The molecule has 0 saturated heterocycles. The molecule has 282 valence electrons. The molecule has 0 amide bonds. The largest absolute Gasteiger partial charge is 0.497 e. The second-order valence-electron chi connectivity index (χ2n) is 13.0. The Morgan fingerprint density at radius 1 is 0.778 bits per heavy atom. The lowest BCUT2D eigenvalue weighted by atomic mass is 9.77. The van der Waals surface area contributed by atoms with E-state index in [1.165, 1.54) is 25.1 Å². The number of hydrogen-bond acceptors (Lipinski definition) is 9. The van der Waals surface area contributed by atoms with Gasteiger partial charge in [-0.05, 0) is 102 Å². The number of nitrogens with zero attached hydrogens (tertiary/aromatic N) is 6. The molecule has 0 radical (unpaired) electrons. The number of ether oxygens (including phenoxy) is 3. The lowest BCUT2D eigenvalue weighted by Gasteiger charge is -2.30. The number of hydrogen-bond donors (Lipinski definition) is 0. The Morgan fingerprint density at radius 3 is 1.74 bits per heavy atom. The Morgan fingerprint density at radius 2 is 1.28 bits per heavy atom. The van der Waals surface area contributed by atoms with Crippen molar-refractivity contribution in [3.05, 3.63) is 113 Å². The van der Waals surface area contributed by atoms with Crippen LogP contribution >= 0.6 is 0 Å². The maximum atomic E-state index is 15.2. The van der Waals surface area contributed by atoms with E-state index in [0.29, 0.717) is 59.6 Å². The molecule has 15 heteroatoms. The van der Waals surface area contributed by atoms with E-state index >= 15 is 21.6 Å². The second kappa shape index (κ2) is 16.3. The highest BCUT2D eigenvalue weighted by Gasteiger charge is 2.43. The van der Waals surface area contributed by atoms with Gasteiger partial charge in [-0.25, -0.2) is 8.42 Å². The Balaban J connectivity index is 1.53.